The van der Waals surface area contributed by atoms with Gasteiger partial charge < -0.3 is 10.4 Å². The van der Waals surface area contributed by atoms with Crippen LogP contribution in [0.2, 0.25) is 0 Å². The van der Waals surface area contributed by atoms with Gasteiger partial charge in [-0.15, -0.1) is 0 Å². The smallest absolute Gasteiger partial charge is 0.252 e. The normalized spacial score (nSPS) is 16.9. The molecule has 1 saturated carbocycles. The van der Waals surface area contributed by atoms with Gasteiger partial charge in [0.2, 0.25) is 0 Å². The standard InChI is InChI=1S/C12H14BrNO2/c1-8-6-9(13)2-3-10(8)11(16)14-12(7-15)4-5-12/h2-3,6,15H,4-5,7H2,1H3,(H,14,16). The summed E-state index contributed by atoms with van der Waals surface area (Å²) in [5.74, 6) is -0.100. The Kier molecular flexibility index (Phi) is 3.04. The van der Waals surface area contributed by atoms with Crippen LogP contribution in [0.15, 0.2) is 22.7 Å². The van der Waals surface area contributed by atoms with Crippen molar-refractivity contribution in [3.05, 3.63) is 33.8 Å². The molecule has 3 nitrogen and oxygen atoms in total. The van der Waals surface area contributed by atoms with Gasteiger partial charge in [-0.1, -0.05) is 15.9 Å². The fraction of sp³-hybridized carbons (Fsp3) is 0.417. The average molecular weight is 284 g/mol. The molecule has 1 amide bonds. The predicted molar refractivity (Wildman–Crippen MR) is 65.4 cm³/mol. The molecule has 0 saturated heterocycles. The summed E-state index contributed by atoms with van der Waals surface area (Å²) in [4.78, 5) is 12.0. The number of aliphatic hydroxyl groups is 1. The first-order valence-corrected chi connectivity index (χ1v) is 6.05. The van der Waals surface area contributed by atoms with Crippen molar-refractivity contribution >= 4 is 21.8 Å². The Morgan fingerprint density at radius 2 is 2.25 bits per heavy atom. The van der Waals surface area contributed by atoms with Gasteiger partial charge in [0.1, 0.15) is 0 Å². The van der Waals surface area contributed by atoms with E-state index in [0.717, 1.165) is 22.9 Å². The predicted octanol–water partition coefficient (Wildman–Crippen LogP) is 2.01. The van der Waals surface area contributed by atoms with Gasteiger partial charge in [0.25, 0.3) is 5.91 Å². The maximum Gasteiger partial charge on any atom is 0.252 e. The van der Waals surface area contributed by atoms with Crippen LogP contribution >= 0.6 is 15.9 Å². The molecule has 1 aliphatic carbocycles. The fourth-order valence-electron chi connectivity index (χ4n) is 1.66. The summed E-state index contributed by atoms with van der Waals surface area (Å²) in [6.45, 7) is 1.92. The van der Waals surface area contributed by atoms with E-state index in [2.05, 4.69) is 21.2 Å². The van der Waals surface area contributed by atoms with Crippen molar-refractivity contribution in [1.82, 2.24) is 5.32 Å². The third kappa shape index (κ3) is 2.28. The number of carbonyl (C=O) groups excluding carboxylic acids is 1. The topological polar surface area (TPSA) is 49.3 Å². The maximum absolute atomic E-state index is 12.0. The molecule has 0 atom stereocenters. The lowest BCUT2D eigenvalue weighted by atomic mass is 10.1. The Morgan fingerprint density at radius 3 is 2.75 bits per heavy atom. The molecule has 2 rings (SSSR count). The molecular weight excluding hydrogens is 270 g/mol. The second-order valence-corrected chi connectivity index (χ2v) is 5.27. The Hall–Kier alpha value is -0.870. The van der Waals surface area contributed by atoms with Crippen LogP contribution in [0.1, 0.15) is 28.8 Å². The van der Waals surface area contributed by atoms with E-state index < -0.39 is 0 Å². The number of benzene rings is 1. The molecular formula is C12H14BrNO2. The third-order valence-electron chi connectivity index (χ3n) is 2.97. The molecule has 1 aromatic rings. The number of hydrogen-bond donors (Lipinski definition) is 2. The second-order valence-electron chi connectivity index (χ2n) is 4.35. The van der Waals surface area contributed by atoms with Crippen molar-refractivity contribution in [2.24, 2.45) is 0 Å². The Balaban J connectivity index is 2.15. The minimum Gasteiger partial charge on any atom is -0.394 e. The van der Waals surface area contributed by atoms with Crippen LogP contribution in [0.25, 0.3) is 0 Å². The lowest BCUT2D eigenvalue weighted by Crippen LogP contribution is -2.39. The zero-order chi connectivity index (χ0) is 11.8. The highest BCUT2D eigenvalue weighted by Gasteiger charge is 2.43. The molecule has 0 bridgehead atoms. The number of amides is 1. The van der Waals surface area contributed by atoms with Crippen molar-refractivity contribution < 1.29 is 9.90 Å². The molecule has 4 heteroatoms. The van der Waals surface area contributed by atoms with Gasteiger partial charge in [0, 0.05) is 10.0 Å². The quantitative estimate of drug-likeness (QED) is 0.892. The van der Waals surface area contributed by atoms with Crippen LogP contribution in [0.3, 0.4) is 0 Å². The summed E-state index contributed by atoms with van der Waals surface area (Å²) in [6.07, 6.45) is 1.73. The van der Waals surface area contributed by atoms with E-state index in [1.54, 1.807) is 6.07 Å². The van der Waals surface area contributed by atoms with Crippen molar-refractivity contribution in [3.63, 3.8) is 0 Å². The molecule has 0 spiro atoms. The Labute approximate surface area is 103 Å². The molecule has 2 N–H and O–H groups in total. The van der Waals surface area contributed by atoms with Gasteiger partial charge in [0.05, 0.1) is 12.1 Å². The second kappa shape index (κ2) is 4.18. The summed E-state index contributed by atoms with van der Waals surface area (Å²) >= 11 is 3.36. The largest absolute Gasteiger partial charge is 0.394 e. The van der Waals surface area contributed by atoms with E-state index in [1.165, 1.54) is 0 Å². The molecule has 0 aromatic heterocycles. The molecule has 1 aliphatic rings. The van der Waals surface area contributed by atoms with Crippen molar-refractivity contribution in [2.45, 2.75) is 25.3 Å². The van der Waals surface area contributed by atoms with Crippen molar-refractivity contribution in [1.29, 1.82) is 0 Å². The third-order valence-corrected chi connectivity index (χ3v) is 3.46. The zero-order valence-electron chi connectivity index (χ0n) is 9.09. The average Bonchev–Trinajstić information content (AvgIpc) is 2.98. The number of rotatable bonds is 3. The number of carbonyl (C=O) groups is 1. The van der Waals surface area contributed by atoms with E-state index in [4.69, 9.17) is 5.11 Å². The highest BCUT2D eigenvalue weighted by atomic mass is 79.9. The number of aliphatic hydroxyl groups excluding tert-OH is 1. The van der Waals surface area contributed by atoms with E-state index in [1.807, 2.05) is 19.1 Å². The van der Waals surface area contributed by atoms with Crippen LogP contribution in [-0.2, 0) is 0 Å². The van der Waals surface area contributed by atoms with Crippen molar-refractivity contribution in [3.8, 4) is 0 Å². The summed E-state index contributed by atoms with van der Waals surface area (Å²) in [7, 11) is 0. The summed E-state index contributed by atoms with van der Waals surface area (Å²) < 4.78 is 0.963. The van der Waals surface area contributed by atoms with Crippen LogP contribution in [0, 0.1) is 6.92 Å². The van der Waals surface area contributed by atoms with Crippen LogP contribution < -0.4 is 5.32 Å². The van der Waals surface area contributed by atoms with Gasteiger partial charge >= 0.3 is 0 Å². The first-order chi connectivity index (χ1) is 7.56. The van der Waals surface area contributed by atoms with Gasteiger partial charge in [-0.25, -0.2) is 0 Å². The van der Waals surface area contributed by atoms with Crippen LogP contribution in [0.5, 0.6) is 0 Å². The van der Waals surface area contributed by atoms with Crippen molar-refractivity contribution in [2.75, 3.05) is 6.61 Å². The van der Waals surface area contributed by atoms with Gasteiger partial charge in [-0.05, 0) is 43.5 Å². The monoisotopic (exact) mass is 283 g/mol. The summed E-state index contributed by atoms with van der Waals surface area (Å²) in [5.41, 5.74) is 1.25. The highest BCUT2D eigenvalue weighted by Crippen LogP contribution is 2.35. The minimum atomic E-state index is -0.351. The molecule has 16 heavy (non-hydrogen) atoms. The minimum absolute atomic E-state index is 0.0221. The van der Waals surface area contributed by atoms with Gasteiger partial charge in [-0.2, -0.15) is 0 Å². The van der Waals surface area contributed by atoms with Gasteiger partial charge in [-0.3, -0.25) is 4.79 Å². The van der Waals surface area contributed by atoms with Crippen LogP contribution in [-0.4, -0.2) is 23.2 Å². The first-order valence-electron chi connectivity index (χ1n) is 5.26. The number of hydrogen-bond acceptors (Lipinski definition) is 2. The van der Waals surface area contributed by atoms with E-state index in [9.17, 15) is 4.79 Å². The molecule has 0 radical (unpaired) electrons. The highest BCUT2D eigenvalue weighted by molar-refractivity contribution is 9.10. The van der Waals surface area contributed by atoms with E-state index >= 15 is 0 Å². The summed E-state index contributed by atoms with van der Waals surface area (Å²) in [6, 6.07) is 5.55. The molecule has 0 aliphatic heterocycles. The number of nitrogens with one attached hydrogen (secondary N) is 1. The fourth-order valence-corrected chi connectivity index (χ4v) is 2.14. The van der Waals surface area contributed by atoms with Gasteiger partial charge in [0.15, 0.2) is 0 Å². The molecule has 1 fully saturated rings. The molecule has 0 unspecified atom stereocenters. The van der Waals surface area contributed by atoms with E-state index in [0.29, 0.717) is 5.56 Å². The SMILES string of the molecule is Cc1cc(Br)ccc1C(=O)NC1(CO)CC1. The zero-order valence-corrected chi connectivity index (χ0v) is 10.7. The molecule has 1 aromatic carbocycles. The summed E-state index contributed by atoms with van der Waals surface area (Å²) in [5, 5.41) is 12.0. The maximum atomic E-state index is 12.0. The van der Waals surface area contributed by atoms with E-state index in [-0.39, 0.29) is 18.1 Å². The first kappa shape index (κ1) is 11.6. The number of halogens is 1. The Bertz CT molecular complexity index is 427. The number of aryl methyl sites for hydroxylation is 1. The lowest BCUT2D eigenvalue weighted by molar-refractivity contribution is 0.0906. The molecule has 0 heterocycles. The Morgan fingerprint density at radius 1 is 1.56 bits per heavy atom. The lowest BCUT2D eigenvalue weighted by Gasteiger charge is -2.15. The van der Waals surface area contributed by atoms with Crippen LogP contribution in [0.4, 0.5) is 0 Å². The molecule has 86 valence electrons.